The molecule has 3 aromatic rings. The first-order valence-electron chi connectivity index (χ1n) is 14.2. The number of rotatable bonds is 17. The van der Waals surface area contributed by atoms with E-state index >= 15 is 0 Å². The summed E-state index contributed by atoms with van der Waals surface area (Å²) < 4.78 is 5.29. The van der Waals surface area contributed by atoms with Gasteiger partial charge in [0.25, 0.3) is 5.91 Å². The number of hydrogen-bond donors (Lipinski definition) is 4. The van der Waals surface area contributed by atoms with Crippen molar-refractivity contribution in [2.24, 2.45) is 5.92 Å². The molecule has 43 heavy (non-hydrogen) atoms. The van der Waals surface area contributed by atoms with Gasteiger partial charge in [0.1, 0.15) is 12.6 Å². The summed E-state index contributed by atoms with van der Waals surface area (Å²) in [5.74, 6) is -2.95. The molecule has 9 heteroatoms. The van der Waals surface area contributed by atoms with Crippen molar-refractivity contribution in [2.75, 3.05) is 18.5 Å². The Morgan fingerprint density at radius 1 is 0.860 bits per heavy atom. The fourth-order valence-corrected chi connectivity index (χ4v) is 4.49. The van der Waals surface area contributed by atoms with Gasteiger partial charge in [-0.3, -0.25) is 19.2 Å². The van der Waals surface area contributed by atoms with Gasteiger partial charge in [-0.05, 0) is 47.7 Å². The third kappa shape index (κ3) is 10.9. The third-order valence-corrected chi connectivity index (χ3v) is 6.78. The Labute approximate surface area is 252 Å². The molecule has 0 radical (unpaired) electrons. The van der Waals surface area contributed by atoms with E-state index < -0.39 is 48.3 Å². The topological polar surface area (TPSA) is 134 Å². The van der Waals surface area contributed by atoms with Crippen LogP contribution in [0.25, 0.3) is 10.8 Å². The van der Waals surface area contributed by atoms with Crippen LogP contribution < -0.4 is 16.0 Å². The zero-order chi connectivity index (χ0) is 31.0. The van der Waals surface area contributed by atoms with E-state index in [9.17, 15) is 24.3 Å². The van der Waals surface area contributed by atoms with Crippen LogP contribution in [-0.4, -0.2) is 54.1 Å². The van der Waals surface area contributed by atoms with Crippen molar-refractivity contribution in [3.63, 3.8) is 0 Å². The lowest BCUT2D eigenvalue weighted by atomic mass is 9.98. The Morgan fingerprint density at radius 3 is 2.28 bits per heavy atom. The second-order valence-corrected chi connectivity index (χ2v) is 10.2. The number of aliphatic hydroxyl groups is 1. The van der Waals surface area contributed by atoms with Crippen molar-refractivity contribution in [3.8, 4) is 0 Å². The molecule has 0 fully saturated rings. The second kappa shape index (κ2) is 17.3. The summed E-state index contributed by atoms with van der Waals surface area (Å²) in [7, 11) is 0. The lowest BCUT2D eigenvalue weighted by Crippen LogP contribution is -2.49. The highest BCUT2D eigenvalue weighted by atomic mass is 16.5. The van der Waals surface area contributed by atoms with Gasteiger partial charge in [0, 0.05) is 18.5 Å². The van der Waals surface area contributed by atoms with Gasteiger partial charge >= 0.3 is 5.97 Å². The average molecular weight is 586 g/mol. The molecule has 9 nitrogen and oxygen atoms in total. The summed E-state index contributed by atoms with van der Waals surface area (Å²) in [6, 6.07) is 20.8. The Morgan fingerprint density at radius 2 is 1.58 bits per heavy atom. The number of anilines is 1. The molecule has 3 unspecified atom stereocenters. The summed E-state index contributed by atoms with van der Waals surface area (Å²) in [5, 5.41) is 19.9. The van der Waals surface area contributed by atoms with E-state index in [4.69, 9.17) is 4.74 Å². The van der Waals surface area contributed by atoms with Crippen LogP contribution in [0, 0.1) is 5.92 Å². The molecule has 0 saturated carbocycles. The molecule has 0 bridgehead atoms. The number of esters is 1. The second-order valence-electron chi connectivity index (χ2n) is 10.2. The standard InChI is InChI=1S/C34H39N3O6/c1-3-5-16-32(40)43-23-30(34(42)36-28-18-17-25-14-9-10-15-26(25)20-28)37-33(41)27(11-4-2)21-31(39)35-29(22-38)19-24-12-7-6-8-13-24/h3-4,6-10,12-15,17-18,20,27,29-30,38H,1-2,5,11,16,19,21-23H2,(H,35,39)(H,36,42)(H,37,41). The van der Waals surface area contributed by atoms with Crippen molar-refractivity contribution in [3.05, 3.63) is 104 Å². The van der Waals surface area contributed by atoms with Gasteiger partial charge in [0.05, 0.1) is 18.6 Å². The maximum atomic E-state index is 13.4. The molecule has 0 aliphatic heterocycles. The smallest absolute Gasteiger partial charge is 0.306 e. The van der Waals surface area contributed by atoms with Crippen molar-refractivity contribution >= 4 is 40.2 Å². The molecule has 0 saturated heterocycles. The van der Waals surface area contributed by atoms with Crippen LogP contribution in [0.15, 0.2) is 98.1 Å². The molecule has 226 valence electrons. The fourth-order valence-electron chi connectivity index (χ4n) is 4.49. The van der Waals surface area contributed by atoms with Gasteiger partial charge < -0.3 is 25.8 Å². The van der Waals surface area contributed by atoms with E-state index in [2.05, 4.69) is 29.1 Å². The minimum Gasteiger partial charge on any atom is -0.463 e. The normalized spacial score (nSPS) is 12.8. The fraction of sp³-hybridized carbons (Fsp3) is 0.294. The summed E-state index contributed by atoms with van der Waals surface area (Å²) in [6.45, 7) is 6.62. The molecule has 3 amide bonds. The first-order valence-corrected chi connectivity index (χ1v) is 14.2. The summed E-state index contributed by atoms with van der Waals surface area (Å²) in [4.78, 5) is 51.7. The van der Waals surface area contributed by atoms with E-state index in [-0.39, 0.29) is 25.9 Å². The number of fused-ring (bicyclic) bond motifs is 1. The maximum absolute atomic E-state index is 13.4. The molecule has 0 spiro atoms. The van der Waals surface area contributed by atoms with Crippen LogP contribution in [0.2, 0.25) is 0 Å². The molecule has 0 heterocycles. The highest BCUT2D eigenvalue weighted by Crippen LogP contribution is 2.19. The Balaban J connectivity index is 1.69. The molecule has 4 N–H and O–H groups in total. The predicted molar refractivity (Wildman–Crippen MR) is 167 cm³/mol. The quantitative estimate of drug-likeness (QED) is 0.139. The molecular weight excluding hydrogens is 546 g/mol. The average Bonchev–Trinajstić information content (AvgIpc) is 3.01. The largest absolute Gasteiger partial charge is 0.463 e. The van der Waals surface area contributed by atoms with E-state index in [1.54, 1.807) is 18.2 Å². The van der Waals surface area contributed by atoms with Gasteiger partial charge in [0.2, 0.25) is 11.8 Å². The number of carbonyl (C=O) groups excluding carboxylic acids is 4. The van der Waals surface area contributed by atoms with Gasteiger partial charge in [-0.15, -0.1) is 13.2 Å². The number of hydrogen-bond acceptors (Lipinski definition) is 6. The first kappa shape index (κ1) is 32.8. The predicted octanol–water partition coefficient (Wildman–Crippen LogP) is 4.07. The zero-order valence-corrected chi connectivity index (χ0v) is 24.2. The van der Waals surface area contributed by atoms with Crippen molar-refractivity contribution in [1.82, 2.24) is 10.6 Å². The Kier molecular flexibility index (Phi) is 13.1. The van der Waals surface area contributed by atoms with Crippen molar-refractivity contribution in [1.29, 1.82) is 0 Å². The molecule has 3 rings (SSSR count). The maximum Gasteiger partial charge on any atom is 0.306 e. The third-order valence-electron chi connectivity index (χ3n) is 6.78. The van der Waals surface area contributed by atoms with Crippen molar-refractivity contribution < 1.29 is 29.0 Å². The number of carbonyl (C=O) groups is 4. The van der Waals surface area contributed by atoms with Crippen LogP contribution in [-0.2, 0) is 30.3 Å². The summed E-state index contributed by atoms with van der Waals surface area (Å²) >= 11 is 0. The van der Waals surface area contributed by atoms with Crippen LogP contribution in [0.5, 0.6) is 0 Å². The van der Waals surface area contributed by atoms with Gasteiger partial charge in [-0.25, -0.2) is 0 Å². The number of ether oxygens (including phenoxy) is 1. The first-order chi connectivity index (χ1) is 20.8. The molecule has 0 aliphatic carbocycles. The van der Waals surface area contributed by atoms with E-state index in [0.717, 1.165) is 16.3 Å². The summed E-state index contributed by atoms with van der Waals surface area (Å²) in [5.41, 5.74) is 1.46. The Bertz CT molecular complexity index is 1410. The van der Waals surface area contributed by atoms with Gasteiger partial charge in [-0.2, -0.15) is 0 Å². The number of allylic oxidation sites excluding steroid dienone is 2. The van der Waals surface area contributed by atoms with Crippen LogP contribution >= 0.6 is 0 Å². The number of aliphatic hydroxyl groups excluding tert-OH is 1. The number of nitrogens with one attached hydrogen (secondary N) is 3. The zero-order valence-electron chi connectivity index (χ0n) is 24.2. The molecule has 3 atom stereocenters. The SMILES string of the molecule is C=CCCC(=O)OCC(NC(=O)C(CC=C)CC(=O)NC(CO)Cc1ccccc1)C(=O)Nc1ccc2ccccc2c1. The minimum absolute atomic E-state index is 0.0880. The van der Waals surface area contributed by atoms with Crippen LogP contribution in [0.3, 0.4) is 0 Å². The van der Waals surface area contributed by atoms with Crippen molar-refractivity contribution in [2.45, 2.75) is 44.2 Å². The number of amides is 3. The van der Waals surface area contributed by atoms with Gasteiger partial charge in [0.15, 0.2) is 0 Å². The van der Waals surface area contributed by atoms with Crippen LogP contribution in [0.4, 0.5) is 5.69 Å². The highest BCUT2D eigenvalue weighted by molar-refractivity contribution is 5.99. The molecular formula is C34H39N3O6. The highest BCUT2D eigenvalue weighted by Gasteiger charge is 2.28. The Hall–Kier alpha value is -4.76. The summed E-state index contributed by atoms with van der Waals surface area (Å²) in [6.07, 6.45) is 4.00. The number of benzene rings is 3. The van der Waals surface area contributed by atoms with Crippen LogP contribution in [0.1, 0.15) is 31.2 Å². The monoisotopic (exact) mass is 585 g/mol. The molecule has 3 aromatic carbocycles. The molecule has 0 aliphatic rings. The lowest BCUT2D eigenvalue weighted by Gasteiger charge is -2.23. The van der Waals surface area contributed by atoms with Gasteiger partial charge in [-0.1, -0.05) is 72.8 Å². The minimum atomic E-state index is -1.22. The van der Waals surface area contributed by atoms with E-state index in [1.807, 2.05) is 60.7 Å². The van der Waals surface area contributed by atoms with E-state index in [1.165, 1.54) is 6.08 Å². The lowest BCUT2D eigenvalue weighted by molar-refractivity contribution is -0.146. The van der Waals surface area contributed by atoms with E-state index in [0.29, 0.717) is 18.5 Å². The molecule has 0 aromatic heterocycles.